The number of halogens is 1. The van der Waals surface area contributed by atoms with Crippen LogP contribution in [0.4, 0.5) is 0 Å². The van der Waals surface area contributed by atoms with E-state index in [4.69, 9.17) is 10.5 Å². The second kappa shape index (κ2) is 9.47. The van der Waals surface area contributed by atoms with E-state index < -0.39 is 10.0 Å². The Bertz CT molecular complexity index is 557. The van der Waals surface area contributed by atoms with Crippen LogP contribution in [0, 0.1) is 5.92 Å². The van der Waals surface area contributed by atoms with Crippen molar-refractivity contribution in [3.05, 3.63) is 24.3 Å². The number of benzene rings is 1. The largest absolute Gasteiger partial charge is 0.494 e. The molecule has 1 aromatic carbocycles. The number of nitrogens with one attached hydrogen (secondary N) is 1. The average Bonchev–Trinajstić information content (AvgIpc) is 3.05. The van der Waals surface area contributed by atoms with Crippen LogP contribution < -0.4 is 15.2 Å². The van der Waals surface area contributed by atoms with Gasteiger partial charge in [0.15, 0.2) is 0 Å². The normalized spacial score (nSPS) is 16.8. The van der Waals surface area contributed by atoms with Crippen LogP contribution in [0.1, 0.15) is 39.0 Å². The van der Waals surface area contributed by atoms with Crippen molar-refractivity contribution in [1.82, 2.24) is 4.72 Å². The number of ether oxygens (including phenoxy) is 1. The smallest absolute Gasteiger partial charge is 0.240 e. The maximum absolute atomic E-state index is 12.5. The SMILES string of the molecule is CCCOc1ccc(S(=O)(=O)NC(CN)C2CCCC2)cc1.Cl. The number of nitrogens with two attached hydrogens (primary N) is 1. The first kappa shape index (κ1) is 20.2. The molecule has 1 unspecified atom stereocenters. The van der Waals surface area contributed by atoms with Gasteiger partial charge in [0.1, 0.15) is 5.75 Å². The van der Waals surface area contributed by atoms with E-state index in [1.54, 1.807) is 24.3 Å². The minimum Gasteiger partial charge on any atom is -0.494 e. The molecule has 23 heavy (non-hydrogen) atoms. The Balaban J connectivity index is 0.00000264. The summed E-state index contributed by atoms with van der Waals surface area (Å²) < 4.78 is 33.2. The summed E-state index contributed by atoms with van der Waals surface area (Å²) in [6.07, 6.45) is 5.34. The standard InChI is InChI=1S/C16H26N2O3S.ClH/c1-2-11-21-14-7-9-15(10-8-14)22(19,20)18-16(12-17)13-5-3-4-6-13;/h7-10,13,16,18H,2-6,11-12,17H2,1H3;1H. The van der Waals surface area contributed by atoms with Crippen molar-refractivity contribution in [3.8, 4) is 5.75 Å². The Morgan fingerprint density at radius 2 is 1.87 bits per heavy atom. The van der Waals surface area contributed by atoms with Gasteiger partial charge in [-0.05, 0) is 49.4 Å². The van der Waals surface area contributed by atoms with E-state index in [0.29, 0.717) is 24.8 Å². The summed E-state index contributed by atoms with van der Waals surface area (Å²) >= 11 is 0. The van der Waals surface area contributed by atoms with Crippen LogP contribution in [0.2, 0.25) is 0 Å². The highest BCUT2D eigenvalue weighted by atomic mass is 35.5. The van der Waals surface area contributed by atoms with Crippen LogP contribution in [-0.4, -0.2) is 27.6 Å². The van der Waals surface area contributed by atoms with E-state index in [2.05, 4.69) is 4.72 Å². The predicted molar refractivity (Wildman–Crippen MR) is 94.6 cm³/mol. The quantitative estimate of drug-likeness (QED) is 0.744. The van der Waals surface area contributed by atoms with Crippen molar-refractivity contribution >= 4 is 22.4 Å². The fraction of sp³-hybridized carbons (Fsp3) is 0.625. The third-order valence-corrected chi connectivity index (χ3v) is 5.64. The molecule has 1 aliphatic rings. The van der Waals surface area contributed by atoms with E-state index in [1.165, 1.54) is 0 Å². The minimum absolute atomic E-state index is 0. The lowest BCUT2D eigenvalue weighted by Gasteiger charge is -2.23. The molecule has 1 saturated carbocycles. The second-order valence-electron chi connectivity index (χ2n) is 5.83. The van der Waals surface area contributed by atoms with Gasteiger partial charge in [0.05, 0.1) is 11.5 Å². The topological polar surface area (TPSA) is 81.4 Å². The highest BCUT2D eigenvalue weighted by molar-refractivity contribution is 7.89. The lowest BCUT2D eigenvalue weighted by atomic mass is 9.99. The molecule has 0 spiro atoms. The lowest BCUT2D eigenvalue weighted by Crippen LogP contribution is -2.44. The summed E-state index contributed by atoms with van der Waals surface area (Å²) in [5, 5.41) is 0. The molecule has 1 aliphatic carbocycles. The van der Waals surface area contributed by atoms with Crippen LogP contribution in [0.5, 0.6) is 5.75 Å². The Morgan fingerprint density at radius 3 is 2.39 bits per heavy atom. The van der Waals surface area contributed by atoms with Crippen LogP contribution in [0.25, 0.3) is 0 Å². The molecular formula is C16H27ClN2O3S. The molecule has 0 aliphatic heterocycles. The first-order valence-electron chi connectivity index (χ1n) is 8.02. The molecule has 0 radical (unpaired) electrons. The lowest BCUT2D eigenvalue weighted by molar-refractivity contribution is 0.317. The van der Waals surface area contributed by atoms with Crippen LogP contribution in [0.3, 0.4) is 0 Å². The van der Waals surface area contributed by atoms with Crippen LogP contribution >= 0.6 is 12.4 Å². The van der Waals surface area contributed by atoms with Crippen molar-refractivity contribution in [2.24, 2.45) is 11.7 Å². The van der Waals surface area contributed by atoms with E-state index in [0.717, 1.165) is 32.1 Å². The first-order valence-corrected chi connectivity index (χ1v) is 9.50. The molecule has 0 heterocycles. The van der Waals surface area contributed by atoms with E-state index in [1.807, 2.05) is 6.92 Å². The Morgan fingerprint density at radius 1 is 1.26 bits per heavy atom. The van der Waals surface area contributed by atoms with Crippen molar-refractivity contribution in [2.45, 2.75) is 50.0 Å². The first-order chi connectivity index (χ1) is 10.6. The monoisotopic (exact) mass is 362 g/mol. The predicted octanol–water partition coefficient (Wildman–Crippen LogP) is 2.69. The van der Waals surface area contributed by atoms with E-state index in [-0.39, 0.29) is 23.3 Å². The third kappa shape index (κ3) is 5.64. The summed E-state index contributed by atoms with van der Waals surface area (Å²) in [6.45, 7) is 2.99. The van der Waals surface area contributed by atoms with Gasteiger partial charge < -0.3 is 10.5 Å². The molecule has 132 valence electrons. The van der Waals surface area contributed by atoms with Gasteiger partial charge in [0.25, 0.3) is 0 Å². The van der Waals surface area contributed by atoms with Gasteiger partial charge in [0.2, 0.25) is 10.0 Å². The van der Waals surface area contributed by atoms with E-state index >= 15 is 0 Å². The average molecular weight is 363 g/mol. The fourth-order valence-corrected chi connectivity index (χ4v) is 4.22. The van der Waals surface area contributed by atoms with Crippen molar-refractivity contribution in [2.75, 3.05) is 13.2 Å². The highest BCUT2D eigenvalue weighted by Gasteiger charge is 2.28. The third-order valence-electron chi connectivity index (χ3n) is 4.14. The molecule has 1 fully saturated rings. The summed E-state index contributed by atoms with van der Waals surface area (Å²) in [6, 6.07) is 6.36. The number of hydrogen-bond donors (Lipinski definition) is 2. The molecule has 0 saturated heterocycles. The second-order valence-corrected chi connectivity index (χ2v) is 7.54. The maximum atomic E-state index is 12.5. The minimum atomic E-state index is -3.53. The molecule has 0 bridgehead atoms. The molecule has 7 heteroatoms. The molecular weight excluding hydrogens is 336 g/mol. The molecule has 0 aromatic heterocycles. The van der Waals surface area contributed by atoms with Crippen molar-refractivity contribution in [1.29, 1.82) is 0 Å². The molecule has 5 nitrogen and oxygen atoms in total. The molecule has 2 rings (SSSR count). The van der Waals surface area contributed by atoms with Gasteiger partial charge in [-0.15, -0.1) is 12.4 Å². The van der Waals surface area contributed by atoms with Gasteiger partial charge in [-0.25, -0.2) is 13.1 Å². The fourth-order valence-electron chi connectivity index (χ4n) is 2.90. The number of rotatable bonds is 8. The summed E-state index contributed by atoms with van der Waals surface area (Å²) in [7, 11) is -3.53. The Hall–Kier alpha value is -0.820. The number of hydrogen-bond acceptors (Lipinski definition) is 4. The summed E-state index contributed by atoms with van der Waals surface area (Å²) in [5.74, 6) is 1.04. The zero-order valence-electron chi connectivity index (χ0n) is 13.5. The Kier molecular flexibility index (Phi) is 8.33. The van der Waals surface area contributed by atoms with Gasteiger partial charge >= 0.3 is 0 Å². The Labute approximate surface area is 145 Å². The molecule has 3 N–H and O–H groups in total. The molecule has 1 aromatic rings. The van der Waals surface area contributed by atoms with Crippen LogP contribution in [0.15, 0.2) is 29.2 Å². The van der Waals surface area contributed by atoms with E-state index in [9.17, 15) is 8.42 Å². The van der Waals surface area contributed by atoms with Crippen molar-refractivity contribution in [3.63, 3.8) is 0 Å². The van der Waals surface area contributed by atoms with Gasteiger partial charge in [-0.3, -0.25) is 0 Å². The van der Waals surface area contributed by atoms with Crippen molar-refractivity contribution < 1.29 is 13.2 Å². The summed E-state index contributed by atoms with van der Waals surface area (Å²) in [4.78, 5) is 0.257. The highest BCUT2D eigenvalue weighted by Crippen LogP contribution is 2.28. The molecule has 0 amide bonds. The molecule has 1 atom stereocenters. The maximum Gasteiger partial charge on any atom is 0.240 e. The van der Waals surface area contributed by atoms with Gasteiger partial charge in [-0.2, -0.15) is 0 Å². The number of sulfonamides is 1. The summed E-state index contributed by atoms with van der Waals surface area (Å²) in [5.41, 5.74) is 5.77. The van der Waals surface area contributed by atoms with Gasteiger partial charge in [-0.1, -0.05) is 19.8 Å². The van der Waals surface area contributed by atoms with Gasteiger partial charge in [0, 0.05) is 12.6 Å². The van der Waals surface area contributed by atoms with Crippen LogP contribution in [-0.2, 0) is 10.0 Å². The zero-order chi connectivity index (χ0) is 16.0. The zero-order valence-corrected chi connectivity index (χ0v) is 15.2.